The summed E-state index contributed by atoms with van der Waals surface area (Å²) in [7, 11) is 0. The zero-order valence-corrected chi connectivity index (χ0v) is 11.1. The molecule has 0 aliphatic heterocycles. The molecule has 1 aromatic rings. The molecular formula is C14H18F3NO2. The topological polar surface area (TPSA) is 42.2 Å². The minimum Gasteiger partial charge on any atom is -0.391 e. The van der Waals surface area contributed by atoms with Gasteiger partial charge >= 0.3 is 6.18 Å². The largest absolute Gasteiger partial charge is 0.417 e. The van der Waals surface area contributed by atoms with Gasteiger partial charge in [-0.25, -0.2) is 0 Å². The molecule has 1 saturated carbocycles. The molecule has 1 unspecified atom stereocenters. The van der Waals surface area contributed by atoms with Crippen LogP contribution in [-0.2, 0) is 12.7 Å². The van der Waals surface area contributed by atoms with Gasteiger partial charge in [-0.1, -0.05) is 19.3 Å². The first-order chi connectivity index (χ1) is 9.38. The van der Waals surface area contributed by atoms with Gasteiger partial charge in [-0.3, -0.25) is 4.79 Å². The van der Waals surface area contributed by atoms with E-state index < -0.39 is 23.4 Å². The van der Waals surface area contributed by atoms with Crippen molar-refractivity contribution in [1.82, 2.24) is 4.57 Å². The fourth-order valence-electron chi connectivity index (χ4n) is 2.71. The molecule has 1 aliphatic carbocycles. The van der Waals surface area contributed by atoms with Crippen LogP contribution in [-0.4, -0.2) is 15.8 Å². The van der Waals surface area contributed by atoms with Crippen LogP contribution in [0.15, 0.2) is 23.1 Å². The summed E-state index contributed by atoms with van der Waals surface area (Å²) >= 11 is 0. The van der Waals surface area contributed by atoms with Gasteiger partial charge in [-0.05, 0) is 24.8 Å². The van der Waals surface area contributed by atoms with Crippen LogP contribution < -0.4 is 5.56 Å². The summed E-state index contributed by atoms with van der Waals surface area (Å²) in [5.41, 5.74) is -1.39. The molecule has 0 radical (unpaired) electrons. The number of hydrogen-bond acceptors (Lipinski definition) is 2. The second-order valence-electron chi connectivity index (χ2n) is 5.37. The quantitative estimate of drug-likeness (QED) is 0.929. The zero-order valence-electron chi connectivity index (χ0n) is 11.1. The summed E-state index contributed by atoms with van der Waals surface area (Å²) in [6.45, 7) is -0.0760. The van der Waals surface area contributed by atoms with Crippen LogP contribution in [0, 0.1) is 5.92 Å². The fraction of sp³-hybridized carbons (Fsp3) is 0.643. The van der Waals surface area contributed by atoms with Crippen LogP contribution in [0.25, 0.3) is 0 Å². The molecule has 0 amide bonds. The Morgan fingerprint density at radius 2 is 1.90 bits per heavy atom. The lowest BCUT2D eigenvalue weighted by molar-refractivity contribution is -0.138. The Morgan fingerprint density at radius 3 is 2.50 bits per heavy atom. The number of aromatic nitrogens is 1. The zero-order chi connectivity index (χ0) is 14.8. The maximum Gasteiger partial charge on any atom is 0.417 e. The van der Waals surface area contributed by atoms with Crippen molar-refractivity contribution in [2.24, 2.45) is 5.92 Å². The van der Waals surface area contributed by atoms with Crippen LogP contribution in [0.4, 0.5) is 13.2 Å². The third-order valence-electron chi connectivity index (χ3n) is 3.89. The Kier molecular flexibility index (Phi) is 4.52. The van der Waals surface area contributed by atoms with Crippen molar-refractivity contribution in [2.75, 3.05) is 0 Å². The standard InChI is InChI=1S/C14H18F3NO2/c15-14(16,17)11-6-7-13(20)18(8-11)9-12(19)10-4-2-1-3-5-10/h6-8,10,12,19H,1-5,9H2. The molecule has 3 nitrogen and oxygen atoms in total. The smallest absolute Gasteiger partial charge is 0.391 e. The van der Waals surface area contributed by atoms with Gasteiger partial charge in [0.05, 0.1) is 18.2 Å². The molecule has 112 valence electrons. The summed E-state index contributed by atoms with van der Waals surface area (Å²) in [6.07, 6.45) is 0.464. The Bertz CT molecular complexity index is 504. The number of pyridine rings is 1. The first-order valence-corrected chi connectivity index (χ1v) is 6.83. The van der Waals surface area contributed by atoms with Gasteiger partial charge in [0.25, 0.3) is 5.56 Å². The Labute approximate surface area is 115 Å². The summed E-state index contributed by atoms with van der Waals surface area (Å²) < 4.78 is 38.8. The Morgan fingerprint density at radius 1 is 1.25 bits per heavy atom. The maximum atomic E-state index is 12.6. The molecule has 1 aromatic heterocycles. The lowest BCUT2D eigenvalue weighted by Crippen LogP contribution is -2.32. The number of halogens is 3. The van der Waals surface area contributed by atoms with Crippen molar-refractivity contribution in [3.05, 3.63) is 34.2 Å². The van der Waals surface area contributed by atoms with Gasteiger partial charge in [0.2, 0.25) is 0 Å². The number of aliphatic hydroxyl groups excluding tert-OH is 1. The third kappa shape index (κ3) is 3.62. The molecule has 6 heteroatoms. The molecule has 1 heterocycles. The number of nitrogens with zero attached hydrogens (tertiary/aromatic N) is 1. The van der Waals surface area contributed by atoms with E-state index in [1.54, 1.807) is 0 Å². The third-order valence-corrected chi connectivity index (χ3v) is 3.89. The minimum absolute atomic E-state index is 0.0743. The lowest BCUT2D eigenvalue weighted by Gasteiger charge is -2.27. The van der Waals surface area contributed by atoms with E-state index in [-0.39, 0.29) is 12.5 Å². The molecule has 1 atom stereocenters. The van der Waals surface area contributed by atoms with Crippen LogP contribution in [0.1, 0.15) is 37.7 Å². The highest BCUT2D eigenvalue weighted by molar-refractivity contribution is 5.13. The highest BCUT2D eigenvalue weighted by Crippen LogP contribution is 2.29. The van der Waals surface area contributed by atoms with E-state index in [2.05, 4.69) is 0 Å². The molecule has 1 fully saturated rings. The monoisotopic (exact) mass is 289 g/mol. The molecule has 2 rings (SSSR count). The molecule has 20 heavy (non-hydrogen) atoms. The van der Waals surface area contributed by atoms with Crippen molar-refractivity contribution >= 4 is 0 Å². The van der Waals surface area contributed by atoms with Crippen LogP contribution in [0.2, 0.25) is 0 Å². The van der Waals surface area contributed by atoms with E-state index in [0.29, 0.717) is 0 Å². The van der Waals surface area contributed by atoms with Gasteiger partial charge < -0.3 is 9.67 Å². The van der Waals surface area contributed by atoms with E-state index in [0.717, 1.165) is 55.0 Å². The van der Waals surface area contributed by atoms with Crippen molar-refractivity contribution in [3.63, 3.8) is 0 Å². The van der Waals surface area contributed by atoms with Crippen molar-refractivity contribution in [2.45, 2.75) is 50.9 Å². The minimum atomic E-state index is -4.48. The van der Waals surface area contributed by atoms with Gasteiger partial charge in [0, 0.05) is 12.3 Å². The number of aliphatic hydroxyl groups is 1. The van der Waals surface area contributed by atoms with Gasteiger partial charge in [0.1, 0.15) is 0 Å². The summed E-state index contributed by atoms with van der Waals surface area (Å²) in [4.78, 5) is 11.6. The van der Waals surface area contributed by atoms with E-state index in [9.17, 15) is 23.1 Å². The predicted molar refractivity (Wildman–Crippen MR) is 68.3 cm³/mol. The van der Waals surface area contributed by atoms with Gasteiger partial charge in [-0.2, -0.15) is 13.2 Å². The first-order valence-electron chi connectivity index (χ1n) is 6.83. The van der Waals surface area contributed by atoms with Gasteiger partial charge in [0.15, 0.2) is 0 Å². The second-order valence-corrected chi connectivity index (χ2v) is 5.37. The predicted octanol–water partition coefficient (Wildman–Crippen LogP) is 2.81. The highest BCUT2D eigenvalue weighted by Gasteiger charge is 2.31. The number of rotatable bonds is 3. The van der Waals surface area contributed by atoms with Crippen molar-refractivity contribution in [1.29, 1.82) is 0 Å². The van der Waals surface area contributed by atoms with Crippen LogP contribution in [0.5, 0.6) is 0 Å². The lowest BCUT2D eigenvalue weighted by atomic mass is 9.85. The second kappa shape index (κ2) is 5.99. The summed E-state index contributed by atoms with van der Waals surface area (Å²) in [5.74, 6) is 0.0743. The molecule has 1 N–H and O–H groups in total. The molecule has 0 aromatic carbocycles. The first kappa shape index (κ1) is 15.1. The average molecular weight is 289 g/mol. The molecule has 0 saturated heterocycles. The van der Waals surface area contributed by atoms with E-state index in [4.69, 9.17) is 0 Å². The SMILES string of the molecule is O=c1ccc(C(F)(F)F)cn1CC(O)C1CCCCC1. The molecule has 0 spiro atoms. The van der Waals surface area contributed by atoms with E-state index in [1.165, 1.54) is 0 Å². The molecule has 1 aliphatic rings. The van der Waals surface area contributed by atoms with E-state index in [1.807, 2.05) is 0 Å². The normalized spacial score (nSPS) is 19.0. The van der Waals surface area contributed by atoms with E-state index >= 15 is 0 Å². The van der Waals surface area contributed by atoms with Gasteiger partial charge in [-0.15, -0.1) is 0 Å². The summed E-state index contributed by atoms with van der Waals surface area (Å²) in [6, 6.07) is 1.67. The Balaban J connectivity index is 2.13. The van der Waals surface area contributed by atoms with Crippen molar-refractivity contribution in [3.8, 4) is 0 Å². The fourth-order valence-corrected chi connectivity index (χ4v) is 2.71. The Hall–Kier alpha value is -1.30. The van der Waals surface area contributed by atoms with Crippen LogP contribution >= 0.6 is 0 Å². The van der Waals surface area contributed by atoms with Crippen LogP contribution in [0.3, 0.4) is 0 Å². The molecule has 0 bridgehead atoms. The molecular weight excluding hydrogens is 271 g/mol. The maximum absolute atomic E-state index is 12.6. The van der Waals surface area contributed by atoms with Crippen molar-refractivity contribution < 1.29 is 18.3 Å². The number of alkyl halides is 3. The summed E-state index contributed by atoms with van der Waals surface area (Å²) in [5, 5.41) is 10.1. The number of hydrogen-bond donors (Lipinski definition) is 1. The highest BCUT2D eigenvalue weighted by atomic mass is 19.4. The average Bonchev–Trinajstić information content (AvgIpc) is 2.41.